The summed E-state index contributed by atoms with van der Waals surface area (Å²) in [6.45, 7) is 8.73. The quantitative estimate of drug-likeness (QED) is 0.905. The Hall–Kier alpha value is -0.910. The molecule has 3 rings (SSSR count). The predicted octanol–water partition coefficient (Wildman–Crippen LogP) is 2.28. The van der Waals surface area contributed by atoms with Gasteiger partial charge < -0.3 is 10.0 Å². The molecule has 0 spiro atoms. The summed E-state index contributed by atoms with van der Waals surface area (Å²) in [6, 6.07) is 1.85. The van der Waals surface area contributed by atoms with Gasteiger partial charge in [0.15, 0.2) is 0 Å². The summed E-state index contributed by atoms with van der Waals surface area (Å²) in [5, 5.41) is 9.04. The summed E-state index contributed by atoms with van der Waals surface area (Å²) in [4.78, 5) is 17.6. The molecular formula is C15H22N2O2S. The average molecular weight is 294 g/mol. The van der Waals surface area contributed by atoms with Crippen molar-refractivity contribution in [2.24, 2.45) is 5.92 Å². The minimum Gasteiger partial charge on any atom is -0.477 e. The van der Waals surface area contributed by atoms with Crippen LogP contribution in [0.2, 0.25) is 0 Å². The first-order valence-corrected chi connectivity index (χ1v) is 8.21. The van der Waals surface area contributed by atoms with Gasteiger partial charge in [0, 0.05) is 44.1 Å². The van der Waals surface area contributed by atoms with Crippen molar-refractivity contribution < 1.29 is 9.90 Å². The van der Waals surface area contributed by atoms with E-state index in [1.165, 1.54) is 36.3 Å². The maximum atomic E-state index is 11.0. The summed E-state index contributed by atoms with van der Waals surface area (Å²) in [6.07, 6.45) is 2.85. The minimum absolute atomic E-state index is 0.463. The highest BCUT2D eigenvalue weighted by molar-refractivity contribution is 7.14. The van der Waals surface area contributed by atoms with Gasteiger partial charge in [-0.05, 0) is 37.3 Å². The summed E-state index contributed by atoms with van der Waals surface area (Å²) >= 11 is 1.39. The van der Waals surface area contributed by atoms with Crippen LogP contribution in [-0.2, 0) is 6.54 Å². The molecule has 1 aromatic heterocycles. The van der Waals surface area contributed by atoms with Gasteiger partial charge in [-0.1, -0.05) is 0 Å². The Bertz CT molecular complexity index is 488. The van der Waals surface area contributed by atoms with Crippen LogP contribution >= 0.6 is 11.3 Å². The van der Waals surface area contributed by atoms with Crippen molar-refractivity contribution in [1.82, 2.24) is 9.80 Å². The summed E-state index contributed by atoms with van der Waals surface area (Å²) in [7, 11) is 0. The predicted molar refractivity (Wildman–Crippen MR) is 80.5 cm³/mol. The fourth-order valence-corrected chi connectivity index (χ4v) is 3.69. The van der Waals surface area contributed by atoms with Crippen LogP contribution < -0.4 is 0 Å². The molecule has 1 aromatic rings. The van der Waals surface area contributed by atoms with E-state index >= 15 is 0 Å². The number of hydrogen-bond acceptors (Lipinski definition) is 4. The van der Waals surface area contributed by atoms with Crippen LogP contribution in [0.4, 0.5) is 0 Å². The molecule has 0 atom stereocenters. The second-order valence-electron chi connectivity index (χ2n) is 6.02. The number of carbonyl (C=O) groups is 1. The van der Waals surface area contributed by atoms with Crippen molar-refractivity contribution in [2.75, 3.05) is 32.7 Å². The van der Waals surface area contributed by atoms with E-state index in [-0.39, 0.29) is 0 Å². The number of carboxylic acid groups (broad SMARTS) is 1. The number of piperazine rings is 1. The van der Waals surface area contributed by atoms with Gasteiger partial charge in [-0.25, -0.2) is 4.79 Å². The van der Waals surface area contributed by atoms with Gasteiger partial charge in [-0.2, -0.15) is 0 Å². The molecular weight excluding hydrogens is 272 g/mol. The molecule has 1 N–H and O–H groups in total. The van der Waals surface area contributed by atoms with Crippen LogP contribution in [0.15, 0.2) is 6.07 Å². The lowest BCUT2D eigenvalue weighted by atomic mass is 10.2. The Kier molecular flexibility index (Phi) is 4.10. The van der Waals surface area contributed by atoms with Gasteiger partial charge >= 0.3 is 5.97 Å². The van der Waals surface area contributed by atoms with Gasteiger partial charge in [0.05, 0.1) is 0 Å². The molecule has 2 aliphatic rings. The molecule has 1 saturated carbocycles. The summed E-state index contributed by atoms with van der Waals surface area (Å²) in [5.74, 6) is 0.164. The van der Waals surface area contributed by atoms with Crippen LogP contribution in [0.25, 0.3) is 0 Å². The van der Waals surface area contributed by atoms with E-state index in [0.717, 1.165) is 43.5 Å². The molecule has 0 radical (unpaired) electrons. The fraction of sp³-hybridized carbons (Fsp3) is 0.667. The Morgan fingerprint density at radius 1 is 1.30 bits per heavy atom. The first-order chi connectivity index (χ1) is 9.61. The SMILES string of the molecule is Cc1sc(C(=O)O)cc1CN1CCN(CC2CC2)CC1. The molecule has 110 valence electrons. The van der Waals surface area contributed by atoms with Crippen LogP contribution in [-0.4, -0.2) is 53.6 Å². The van der Waals surface area contributed by atoms with Gasteiger partial charge in [0.2, 0.25) is 0 Å². The molecule has 1 saturated heterocycles. The van der Waals surface area contributed by atoms with Crippen molar-refractivity contribution in [2.45, 2.75) is 26.3 Å². The van der Waals surface area contributed by atoms with E-state index < -0.39 is 5.97 Å². The minimum atomic E-state index is -0.807. The number of nitrogens with zero attached hydrogens (tertiary/aromatic N) is 2. The van der Waals surface area contributed by atoms with Gasteiger partial charge in [0.25, 0.3) is 0 Å². The molecule has 2 heterocycles. The van der Waals surface area contributed by atoms with Gasteiger partial charge in [0.1, 0.15) is 4.88 Å². The molecule has 4 nitrogen and oxygen atoms in total. The lowest BCUT2D eigenvalue weighted by molar-refractivity contribution is 0.0702. The largest absolute Gasteiger partial charge is 0.477 e. The standard InChI is InChI=1S/C15H22N2O2S/c1-11-13(8-14(20-11)15(18)19)10-17-6-4-16(5-7-17)9-12-2-3-12/h8,12H,2-7,9-10H2,1H3,(H,18,19). The molecule has 5 heteroatoms. The average Bonchev–Trinajstić information content (AvgIpc) is 3.15. The molecule has 2 fully saturated rings. The third-order valence-electron chi connectivity index (χ3n) is 4.30. The number of aryl methyl sites for hydroxylation is 1. The van der Waals surface area contributed by atoms with E-state index in [1.54, 1.807) is 0 Å². The Morgan fingerprint density at radius 2 is 1.95 bits per heavy atom. The highest BCUT2D eigenvalue weighted by Gasteiger charge is 2.26. The first-order valence-electron chi connectivity index (χ1n) is 7.39. The zero-order valence-corrected chi connectivity index (χ0v) is 12.8. The molecule has 0 unspecified atom stereocenters. The monoisotopic (exact) mass is 294 g/mol. The first kappa shape index (κ1) is 14.0. The van der Waals surface area contributed by atoms with Crippen molar-refractivity contribution in [3.8, 4) is 0 Å². The maximum Gasteiger partial charge on any atom is 0.345 e. The van der Waals surface area contributed by atoms with Crippen LogP contribution in [0.5, 0.6) is 0 Å². The van der Waals surface area contributed by atoms with Crippen LogP contribution in [0.3, 0.4) is 0 Å². The van der Waals surface area contributed by atoms with Gasteiger partial charge in [-0.15, -0.1) is 11.3 Å². The zero-order chi connectivity index (χ0) is 14.1. The normalized spacial score (nSPS) is 21.2. The second-order valence-corrected chi connectivity index (χ2v) is 7.27. The molecule has 0 amide bonds. The Labute approximate surface area is 124 Å². The van der Waals surface area contributed by atoms with E-state index in [2.05, 4.69) is 9.80 Å². The molecule has 1 aliphatic heterocycles. The molecule has 1 aliphatic carbocycles. The molecule has 0 aromatic carbocycles. The topological polar surface area (TPSA) is 43.8 Å². The third-order valence-corrected chi connectivity index (χ3v) is 5.38. The van der Waals surface area contributed by atoms with Crippen LogP contribution in [0.1, 0.15) is 33.0 Å². The smallest absolute Gasteiger partial charge is 0.345 e. The van der Waals surface area contributed by atoms with E-state index in [4.69, 9.17) is 5.11 Å². The Morgan fingerprint density at radius 3 is 2.50 bits per heavy atom. The number of carboxylic acids is 1. The number of hydrogen-bond donors (Lipinski definition) is 1. The lowest BCUT2D eigenvalue weighted by Crippen LogP contribution is -2.46. The lowest BCUT2D eigenvalue weighted by Gasteiger charge is -2.34. The zero-order valence-electron chi connectivity index (χ0n) is 12.0. The third kappa shape index (κ3) is 3.40. The molecule has 20 heavy (non-hydrogen) atoms. The van der Waals surface area contributed by atoms with Crippen LogP contribution in [0, 0.1) is 12.8 Å². The number of thiophene rings is 1. The van der Waals surface area contributed by atoms with Crippen molar-refractivity contribution in [1.29, 1.82) is 0 Å². The number of aromatic carboxylic acids is 1. The molecule has 0 bridgehead atoms. The van der Waals surface area contributed by atoms with Crippen molar-refractivity contribution >= 4 is 17.3 Å². The highest BCUT2D eigenvalue weighted by atomic mass is 32.1. The van der Waals surface area contributed by atoms with Crippen molar-refractivity contribution in [3.05, 3.63) is 21.4 Å². The Balaban J connectivity index is 1.52. The fourth-order valence-electron chi connectivity index (χ4n) is 2.82. The summed E-state index contributed by atoms with van der Waals surface area (Å²) in [5.41, 5.74) is 1.18. The summed E-state index contributed by atoms with van der Waals surface area (Å²) < 4.78 is 0. The van der Waals surface area contributed by atoms with Crippen molar-refractivity contribution in [3.63, 3.8) is 0 Å². The van der Waals surface area contributed by atoms with E-state index in [9.17, 15) is 4.79 Å². The van der Waals surface area contributed by atoms with E-state index in [1.807, 2.05) is 13.0 Å². The highest BCUT2D eigenvalue weighted by Crippen LogP contribution is 2.30. The maximum absolute atomic E-state index is 11.0. The van der Waals surface area contributed by atoms with Gasteiger partial charge in [-0.3, -0.25) is 4.90 Å². The van der Waals surface area contributed by atoms with E-state index in [0.29, 0.717) is 4.88 Å². The second kappa shape index (κ2) is 5.84. The number of rotatable bonds is 5.